The monoisotopic (exact) mass is 337 g/mol. The maximum absolute atomic E-state index is 12.6. The molecule has 126 valence electrons. The third kappa shape index (κ3) is 4.69. The largest absolute Gasteiger partial charge is 0.336 e. The van der Waals surface area contributed by atoms with Crippen molar-refractivity contribution in [3.8, 4) is 0 Å². The predicted molar refractivity (Wildman–Crippen MR) is 92.3 cm³/mol. The highest BCUT2D eigenvalue weighted by Gasteiger charge is 2.39. The highest BCUT2D eigenvalue weighted by molar-refractivity contribution is 6.30. The van der Waals surface area contributed by atoms with Gasteiger partial charge in [-0.2, -0.15) is 0 Å². The van der Waals surface area contributed by atoms with E-state index in [1.807, 2.05) is 6.92 Å². The number of likely N-dealkylation sites (N-methyl/N-ethyl adjacent to an activating group) is 1. The van der Waals surface area contributed by atoms with Crippen LogP contribution in [0.15, 0.2) is 24.3 Å². The summed E-state index contributed by atoms with van der Waals surface area (Å²) in [5, 5.41) is 3.29. The molecule has 23 heavy (non-hydrogen) atoms. The van der Waals surface area contributed by atoms with Crippen molar-refractivity contribution in [2.75, 3.05) is 18.9 Å². The lowest BCUT2D eigenvalue weighted by Crippen LogP contribution is -2.53. The van der Waals surface area contributed by atoms with Gasteiger partial charge in [-0.25, -0.2) is 0 Å². The molecule has 2 atom stereocenters. The number of halogens is 1. The van der Waals surface area contributed by atoms with Crippen LogP contribution in [-0.2, 0) is 9.59 Å². The van der Waals surface area contributed by atoms with Crippen molar-refractivity contribution in [1.29, 1.82) is 0 Å². The summed E-state index contributed by atoms with van der Waals surface area (Å²) in [5.41, 5.74) is 6.39. The summed E-state index contributed by atoms with van der Waals surface area (Å²) in [6.45, 7) is 1.92. The molecular formula is C17H24ClN3O2. The smallest absolute Gasteiger partial charge is 0.243 e. The van der Waals surface area contributed by atoms with Crippen LogP contribution in [0.2, 0.25) is 5.02 Å². The quantitative estimate of drug-likeness (QED) is 0.886. The van der Waals surface area contributed by atoms with Crippen molar-refractivity contribution in [3.63, 3.8) is 0 Å². The fourth-order valence-corrected chi connectivity index (χ4v) is 3.28. The second-order valence-electron chi connectivity index (χ2n) is 6.56. The fourth-order valence-electron chi connectivity index (χ4n) is 3.09. The molecule has 1 fully saturated rings. The molecule has 0 aliphatic heterocycles. The van der Waals surface area contributed by atoms with Crippen molar-refractivity contribution in [3.05, 3.63) is 29.3 Å². The molecule has 2 rings (SSSR count). The molecular weight excluding hydrogens is 314 g/mol. The SMILES string of the molecule is CN(CC(=O)Nc1cccc(Cl)c1)C(=O)C1CCCCC1(C)N. The van der Waals surface area contributed by atoms with Gasteiger partial charge in [0, 0.05) is 23.3 Å². The standard InChI is InChI=1S/C17H24ClN3O2/c1-17(19)9-4-3-8-14(17)16(23)21(2)11-15(22)20-13-7-5-6-12(18)10-13/h5-7,10,14H,3-4,8-9,11,19H2,1-2H3,(H,20,22). The van der Waals surface area contributed by atoms with Gasteiger partial charge in [0.05, 0.1) is 12.5 Å². The Kier molecular flexibility index (Phi) is 5.65. The maximum atomic E-state index is 12.6. The minimum atomic E-state index is -0.493. The summed E-state index contributed by atoms with van der Waals surface area (Å²) < 4.78 is 0. The van der Waals surface area contributed by atoms with Crippen molar-refractivity contribution in [2.24, 2.45) is 11.7 Å². The van der Waals surface area contributed by atoms with Crippen LogP contribution in [0.1, 0.15) is 32.6 Å². The number of carbonyl (C=O) groups excluding carboxylic acids is 2. The van der Waals surface area contributed by atoms with E-state index >= 15 is 0 Å². The molecule has 1 aromatic rings. The summed E-state index contributed by atoms with van der Waals surface area (Å²) in [7, 11) is 1.64. The molecule has 5 nitrogen and oxygen atoms in total. The summed E-state index contributed by atoms with van der Waals surface area (Å²) in [4.78, 5) is 26.2. The van der Waals surface area contributed by atoms with Crippen molar-refractivity contribution in [2.45, 2.75) is 38.1 Å². The van der Waals surface area contributed by atoms with E-state index in [9.17, 15) is 9.59 Å². The summed E-state index contributed by atoms with van der Waals surface area (Å²) in [6.07, 6.45) is 3.68. The maximum Gasteiger partial charge on any atom is 0.243 e. The third-order valence-corrected chi connectivity index (χ3v) is 4.65. The zero-order valence-corrected chi connectivity index (χ0v) is 14.4. The van der Waals surface area contributed by atoms with Crippen LogP contribution in [-0.4, -0.2) is 35.8 Å². The third-order valence-electron chi connectivity index (χ3n) is 4.42. The number of amides is 2. The van der Waals surface area contributed by atoms with Gasteiger partial charge in [0.25, 0.3) is 0 Å². The van der Waals surface area contributed by atoms with Gasteiger partial charge in [0.15, 0.2) is 0 Å². The van der Waals surface area contributed by atoms with Crippen LogP contribution in [0, 0.1) is 5.92 Å². The molecule has 1 saturated carbocycles. The number of rotatable bonds is 4. The van der Waals surface area contributed by atoms with Gasteiger partial charge in [-0.3, -0.25) is 9.59 Å². The molecule has 0 saturated heterocycles. The second kappa shape index (κ2) is 7.32. The van der Waals surface area contributed by atoms with E-state index in [4.69, 9.17) is 17.3 Å². The highest BCUT2D eigenvalue weighted by atomic mass is 35.5. The van der Waals surface area contributed by atoms with Crippen molar-refractivity contribution >= 4 is 29.1 Å². The molecule has 3 N–H and O–H groups in total. The minimum Gasteiger partial charge on any atom is -0.336 e. The van der Waals surface area contributed by atoms with Crippen LogP contribution >= 0.6 is 11.6 Å². The van der Waals surface area contributed by atoms with Crippen LogP contribution in [0.25, 0.3) is 0 Å². The molecule has 0 radical (unpaired) electrons. The number of nitrogens with zero attached hydrogens (tertiary/aromatic N) is 1. The lowest BCUT2D eigenvalue weighted by molar-refractivity contribution is -0.139. The number of hydrogen-bond donors (Lipinski definition) is 2. The summed E-state index contributed by atoms with van der Waals surface area (Å²) in [5.74, 6) is -0.534. The first-order chi connectivity index (χ1) is 10.8. The lowest BCUT2D eigenvalue weighted by atomic mass is 9.74. The van der Waals surface area contributed by atoms with Crippen LogP contribution in [0.3, 0.4) is 0 Å². The lowest BCUT2D eigenvalue weighted by Gasteiger charge is -2.39. The topological polar surface area (TPSA) is 75.4 Å². The molecule has 0 bridgehead atoms. The second-order valence-corrected chi connectivity index (χ2v) is 6.99. The molecule has 1 aliphatic carbocycles. The fraction of sp³-hybridized carbons (Fsp3) is 0.529. The first-order valence-electron chi connectivity index (χ1n) is 7.89. The Morgan fingerprint density at radius 1 is 1.43 bits per heavy atom. The normalized spacial score (nSPS) is 24.1. The Hall–Kier alpha value is -1.59. The molecule has 2 amide bonds. The van der Waals surface area contributed by atoms with Gasteiger partial charge in [0.1, 0.15) is 0 Å². The molecule has 2 unspecified atom stereocenters. The number of carbonyl (C=O) groups is 2. The van der Waals surface area contributed by atoms with Crippen LogP contribution < -0.4 is 11.1 Å². The Bertz CT molecular complexity index is 589. The number of hydrogen-bond acceptors (Lipinski definition) is 3. The first-order valence-corrected chi connectivity index (χ1v) is 8.26. The molecule has 1 aliphatic rings. The van der Waals surface area contributed by atoms with Gasteiger partial charge in [-0.1, -0.05) is 30.5 Å². The van der Waals surface area contributed by atoms with E-state index < -0.39 is 5.54 Å². The predicted octanol–water partition coefficient (Wildman–Crippen LogP) is 2.64. The van der Waals surface area contributed by atoms with E-state index in [-0.39, 0.29) is 24.3 Å². The van der Waals surface area contributed by atoms with E-state index in [1.165, 1.54) is 4.90 Å². The number of nitrogens with one attached hydrogen (secondary N) is 1. The number of benzene rings is 1. The first kappa shape index (κ1) is 17.8. The summed E-state index contributed by atoms with van der Waals surface area (Å²) in [6, 6.07) is 6.91. The zero-order valence-electron chi connectivity index (χ0n) is 13.6. The van der Waals surface area contributed by atoms with Crippen molar-refractivity contribution in [1.82, 2.24) is 4.90 Å². The number of anilines is 1. The molecule has 0 spiro atoms. The Morgan fingerprint density at radius 3 is 2.83 bits per heavy atom. The Balaban J connectivity index is 1.93. The van der Waals surface area contributed by atoms with E-state index in [2.05, 4.69) is 5.32 Å². The Labute approximate surface area is 142 Å². The molecule has 0 aromatic heterocycles. The zero-order chi connectivity index (χ0) is 17.0. The van der Waals surface area contributed by atoms with Crippen LogP contribution in [0.5, 0.6) is 0 Å². The van der Waals surface area contributed by atoms with E-state index in [1.54, 1.807) is 31.3 Å². The highest BCUT2D eigenvalue weighted by Crippen LogP contribution is 2.32. The van der Waals surface area contributed by atoms with Gasteiger partial charge in [0.2, 0.25) is 11.8 Å². The Morgan fingerprint density at radius 2 is 2.17 bits per heavy atom. The number of nitrogens with two attached hydrogens (primary N) is 1. The van der Waals surface area contributed by atoms with Crippen molar-refractivity contribution < 1.29 is 9.59 Å². The van der Waals surface area contributed by atoms with Gasteiger partial charge < -0.3 is 16.0 Å². The van der Waals surface area contributed by atoms with Gasteiger partial charge in [-0.15, -0.1) is 0 Å². The van der Waals surface area contributed by atoms with E-state index in [0.717, 1.165) is 25.7 Å². The average molecular weight is 338 g/mol. The van der Waals surface area contributed by atoms with Gasteiger partial charge in [-0.05, 0) is 38.0 Å². The molecule has 1 aromatic carbocycles. The van der Waals surface area contributed by atoms with Gasteiger partial charge >= 0.3 is 0 Å². The molecule has 6 heteroatoms. The summed E-state index contributed by atoms with van der Waals surface area (Å²) >= 11 is 5.89. The molecule has 0 heterocycles. The minimum absolute atomic E-state index is 0.00206. The average Bonchev–Trinajstić information content (AvgIpc) is 2.45. The van der Waals surface area contributed by atoms with Crippen LogP contribution in [0.4, 0.5) is 5.69 Å². The van der Waals surface area contributed by atoms with E-state index in [0.29, 0.717) is 10.7 Å².